The minimum absolute atomic E-state index is 0.0162. The van der Waals surface area contributed by atoms with Crippen molar-refractivity contribution < 1.29 is 20.1 Å². The average molecular weight is 334 g/mol. The number of fused-ring (bicyclic) bond motifs is 5. The molecule has 4 rings (SSSR count). The van der Waals surface area contributed by atoms with Gasteiger partial charge < -0.3 is 15.3 Å². The smallest absolute Gasteiger partial charge is 0.139 e. The minimum atomic E-state index is -0.777. The van der Waals surface area contributed by atoms with Crippen molar-refractivity contribution in [3.63, 3.8) is 0 Å². The molecule has 0 aromatic carbocycles. The van der Waals surface area contributed by atoms with Gasteiger partial charge in [-0.05, 0) is 67.3 Å². The molecule has 4 aliphatic carbocycles. The number of aliphatic hydroxyl groups is 3. The highest BCUT2D eigenvalue weighted by atomic mass is 16.3. The van der Waals surface area contributed by atoms with Gasteiger partial charge in [0.25, 0.3) is 0 Å². The minimum Gasteiger partial charge on any atom is -0.510 e. The lowest BCUT2D eigenvalue weighted by Crippen LogP contribution is -2.54. The van der Waals surface area contributed by atoms with Gasteiger partial charge >= 0.3 is 0 Å². The van der Waals surface area contributed by atoms with E-state index in [4.69, 9.17) is 0 Å². The van der Waals surface area contributed by atoms with Gasteiger partial charge in [0.15, 0.2) is 0 Å². The summed E-state index contributed by atoms with van der Waals surface area (Å²) in [5, 5.41) is 30.7. The van der Waals surface area contributed by atoms with Crippen molar-refractivity contribution in [1.29, 1.82) is 0 Å². The summed E-state index contributed by atoms with van der Waals surface area (Å²) in [6, 6.07) is 0. The fraction of sp³-hybridized carbons (Fsp3) is 0.850. The van der Waals surface area contributed by atoms with Gasteiger partial charge in [-0.2, -0.15) is 0 Å². The molecule has 0 aromatic heterocycles. The Kier molecular flexibility index (Phi) is 3.67. The largest absolute Gasteiger partial charge is 0.510 e. The summed E-state index contributed by atoms with van der Waals surface area (Å²) in [6.07, 6.45) is 5.18. The van der Waals surface area contributed by atoms with Crippen LogP contribution in [0.15, 0.2) is 11.3 Å². The summed E-state index contributed by atoms with van der Waals surface area (Å²) in [5.74, 6) is 1.80. The Labute approximate surface area is 144 Å². The second-order valence-electron chi connectivity index (χ2n) is 9.18. The first-order valence-corrected chi connectivity index (χ1v) is 9.58. The molecule has 4 heteroatoms. The lowest BCUT2D eigenvalue weighted by atomic mass is 9.45. The molecule has 0 radical (unpaired) electrons. The molecule has 4 aliphatic rings. The van der Waals surface area contributed by atoms with Crippen LogP contribution in [0.2, 0.25) is 0 Å². The molecular formula is C20H30O4. The van der Waals surface area contributed by atoms with E-state index < -0.39 is 6.10 Å². The summed E-state index contributed by atoms with van der Waals surface area (Å²) < 4.78 is 0. The number of hydrogen-bond donors (Lipinski definition) is 3. The van der Waals surface area contributed by atoms with E-state index in [0.29, 0.717) is 36.4 Å². The normalized spacial score (nSPS) is 51.2. The third-order valence-corrected chi connectivity index (χ3v) is 8.29. The van der Waals surface area contributed by atoms with Crippen molar-refractivity contribution in [3.8, 4) is 0 Å². The van der Waals surface area contributed by atoms with E-state index in [9.17, 15) is 20.1 Å². The maximum atomic E-state index is 12.5. The maximum Gasteiger partial charge on any atom is 0.139 e. The maximum absolute atomic E-state index is 12.5. The highest BCUT2D eigenvalue weighted by Gasteiger charge is 2.61. The molecule has 3 fully saturated rings. The Hall–Kier alpha value is -0.870. The summed E-state index contributed by atoms with van der Waals surface area (Å²) in [5.41, 5.74) is 0.597. The van der Waals surface area contributed by atoms with E-state index >= 15 is 0 Å². The van der Waals surface area contributed by atoms with Gasteiger partial charge in [-0.25, -0.2) is 0 Å². The van der Waals surface area contributed by atoms with Crippen LogP contribution in [0.1, 0.15) is 58.8 Å². The topological polar surface area (TPSA) is 77.8 Å². The Morgan fingerprint density at radius 1 is 1.08 bits per heavy atom. The lowest BCUT2D eigenvalue weighted by molar-refractivity contribution is -0.134. The van der Waals surface area contributed by atoms with Crippen molar-refractivity contribution in [2.24, 2.45) is 34.5 Å². The van der Waals surface area contributed by atoms with Crippen molar-refractivity contribution in [2.45, 2.75) is 64.9 Å². The quantitative estimate of drug-likeness (QED) is 0.689. The molecule has 4 nitrogen and oxygen atoms in total. The van der Waals surface area contributed by atoms with Crippen LogP contribution in [-0.2, 0) is 4.79 Å². The van der Waals surface area contributed by atoms with Gasteiger partial charge in [-0.15, -0.1) is 0 Å². The van der Waals surface area contributed by atoms with Crippen molar-refractivity contribution in [1.82, 2.24) is 0 Å². The second kappa shape index (κ2) is 5.31. The molecule has 3 N–H and O–H groups in total. The molecule has 0 amide bonds. The fourth-order valence-corrected chi connectivity index (χ4v) is 7.03. The second-order valence-corrected chi connectivity index (χ2v) is 9.18. The monoisotopic (exact) mass is 334 g/mol. The first kappa shape index (κ1) is 16.6. The third-order valence-electron chi connectivity index (χ3n) is 8.29. The van der Waals surface area contributed by atoms with Crippen molar-refractivity contribution in [3.05, 3.63) is 11.3 Å². The summed E-state index contributed by atoms with van der Waals surface area (Å²) in [4.78, 5) is 12.5. The van der Waals surface area contributed by atoms with E-state index in [0.717, 1.165) is 37.7 Å². The van der Waals surface area contributed by atoms with Gasteiger partial charge in [-0.3, -0.25) is 4.79 Å². The zero-order valence-electron chi connectivity index (χ0n) is 14.8. The van der Waals surface area contributed by atoms with Crippen molar-refractivity contribution in [2.75, 3.05) is 6.61 Å². The molecule has 7 atom stereocenters. The Bertz CT molecular complexity index is 596. The average Bonchev–Trinajstić information content (AvgIpc) is 2.86. The van der Waals surface area contributed by atoms with E-state index in [1.165, 1.54) is 0 Å². The highest BCUT2D eigenvalue weighted by molar-refractivity contribution is 5.87. The predicted molar refractivity (Wildman–Crippen MR) is 90.2 cm³/mol. The number of aliphatic hydroxyl groups excluding tert-OH is 3. The zero-order valence-corrected chi connectivity index (χ0v) is 14.8. The Balaban J connectivity index is 1.78. The molecule has 1 unspecified atom stereocenters. The van der Waals surface area contributed by atoms with Crippen LogP contribution >= 0.6 is 0 Å². The molecule has 0 aliphatic heterocycles. The SMILES string of the molecule is C[C@]12CC[C@H](O)C(O)=C1C(CO)C[C@@H]1[C@@H]2CC[C@]2(C)C(=O)CC[C@@H]12. The number of ketones is 1. The molecule has 134 valence electrons. The molecular weight excluding hydrogens is 304 g/mol. The zero-order chi connectivity index (χ0) is 17.3. The standard InChI is InChI=1S/C20H30O4/c1-19-7-5-14-12(13(19)3-4-16(19)23)9-11(10-21)17-18(24)15(22)6-8-20(14,17)2/h11-15,21-22,24H,3-10H2,1-2H3/t11?,12-,13-,14-,15-,19-,20+/m0/s1. The van der Waals surface area contributed by atoms with Gasteiger partial charge in [0, 0.05) is 24.4 Å². The predicted octanol–water partition coefficient (Wildman–Crippen LogP) is 2.98. The van der Waals surface area contributed by atoms with E-state index in [1.54, 1.807) is 0 Å². The van der Waals surface area contributed by atoms with Gasteiger partial charge in [0.1, 0.15) is 17.6 Å². The number of carbonyl (C=O) groups is 1. The van der Waals surface area contributed by atoms with E-state index in [2.05, 4.69) is 13.8 Å². The number of hydrogen-bond acceptors (Lipinski definition) is 4. The summed E-state index contributed by atoms with van der Waals surface area (Å²) in [7, 11) is 0. The number of Topliss-reactive ketones (excluding diaryl/α,β-unsaturated/α-hetero) is 1. The van der Waals surface area contributed by atoms with Crippen LogP contribution in [0.25, 0.3) is 0 Å². The van der Waals surface area contributed by atoms with E-state index in [-0.39, 0.29) is 29.1 Å². The van der Waals surface area contributed by atoms with Crippen LogP contribution in [0.3, 0.4) is 0 Å². The molecule has 0 bridgehead atoms. The van der Waals surface area contributed by atoms with Crippen LogP contribution in [0.4, 0.5) is 0 Å². The van der Waals surface area contributed by atoms with Crippen LogP contribution in [0, 0.1) is 34.5 Å². The van der Waals surface area contributed by atoms with Crippen molar-refractivity contribution >= 4 is 5.78 Å². The first-order chi connectivity index (χ1) is 11.3. The molecule has 24 heavy (non-hydrogen) atoms. The van der Waals surface area contributed by atoms with Crippen LogP contribution in [0.5, 0.6) is 0 Å². The van der Waals surface area contributed by atoms with Crippen LogP contribution in [-0.4, -0.2) is 33.8 Å². The van der Waals surface area contributed by atoms with E-state index in [1.807, 2.05) is 0 Å². The fourth-order valence-electron chi connectivity index (χ4n) is 7.03. The summed E-state index contributed by atoms with van der Waals surface area (Å²) >= 11 is 0. The van der Waals surface area contributed by atoms with Gasteiger partial charge in [0.05, 0.1) is 0 Å². The molecule has 0 heterocycles. The molecule has 0 saturated heterocycles. The molecule has 0 aromatic rings. The van der Waals surface area contributed by atoms with Crippen LogP contribution < -0.4 is 0 Å². The Morgan fingerprint density at radius 2 is 1.75 bits per heavy atom. The molecule has 3 saturated carbocycles. The Morgan fingerprint density at radius 3 is 2.46 bits per heavy atom. The van der Waals surface area contributed by atoms with Gasteiger partial charge in [0.2, 0.25) is 0 Å². The lowest BCUT2D eigenvalue weighted by Gasteiger charge is -2.59. The van der Waals surface area contributed by atoms with Gasteiger partial charge in [-0.1, -0.05) is 13.8 Å². The molecule has 0 spiro atoms. The number of carbonyl (C=O) groups excluding carboxylic acids is 1. The number of rotatable bonds is 1. The first-order valence-electron chi connectivity index (χ1n) is 9.58. The third kappa shape index (κ3) is 1.96. The highest BCUT2D eigenvalue weighted by Crippen LogP contribution is 2.66. The summed E-state index contributed by atoms with van der Waals surface area (Å²) in [6.45, 7) is 4.40.